The molecular formula is C27H26BrN3O2. The second-order valence-electron chi connectivity index (χ2n) is 8.86. The van der Waals surface area contributed by atoms with Crippen molar-refractivity contribution in [1.82, 2.24) is 10.3 Å². The summed E-state index contributed by atoms with van der Waals surface area (Å²) < 4.78 is 0.643. The van der Waals surface area contributed by atoms with Crippen molar-refractivity contribution in [2.45, 2.75) is 62.5 Å². The summed E-state index contributed by atoms with van der Waals surface area (Å²) in [6.07, 6.45) is 8.66. The van der Waals surface area contributed by atoms with Crippen LogP contribution >= 0.6 is 15.9 Å². The second kappa shape index (κ2) is 9.91. The van der Waals surface area contributed by atoms with Crippen LogP contribution in [0.5, 0.6) is 0 Å². The van der Waals surface area contributed by atoms with Gasteiger partial charge in [-0.3, -0.25) is 4.79 Å². The largest absolute Gasteiger partial charge is 0.378 e. The molecule has 0 bridgehead atoms. The Morgan fingerprint density at radius 2 is 1.73 bits per heavy atom. The standard InChI is InChI=1S/C27H26BrN3O2/c28-24-7-5-6-23(30-24)18-21(19-29)25(32)31-27(15-3-4-16-27)22-10-8-20(9-11-22)12-17-26(33)13-1-2-14-26/h5-11,18,33H,1-4,13-16H2,(H,31,32). The minimum atomic E-state index is -0.859. The molecule has 0 atom stereocenters. The van der Waals surface area contributed by atoms with Gasteiger partial charge in [0.25, 0.3) is 5.91 Å². The van der Waals surface area contributed by atoms with Crippen molar-refractivity contribution in [2.24, 2.45) is 0 Å². The third-order valence-electron chi connectivity index (χ3n) is 6.51. The molecule has 2 fully saturated rings. The highest BCUT2D eigenvalue weighted by Gasteiger charge is 2.37. The van der Waals surface area contributed by atoms with Gasteiger partial charge in [0, 0.05) is 5.56 Å². The van der Waals surface area contributed by atoms with E-state index in [1.165, 1.54) is 6.08 Å². The number of aliphatic hydroxyl groups is 1. The van der Waals surface area contributed by atoms with E-state index in [2.05, 4.69) is 38.1 Å². The van der Waals surface area contributed by atoms with Crippen LogP contribution in [0, 0.1) is 23.2 Å². The Morgan fingerprint density at radius 3 is 2.36 bits per heavy atom. The van der Waals surface area contributed by atoms with Crippen molar-refractivity contribution in [3.63, 3.8) is 0 Å². The lowest BCUT2D eigenvalue weighted by Crippen LogP contribution is -2.44. The quantitative estimate of drug-likeness (QED) is 0.266. The Bertz CT molecular complexity index is 1160. The fourth-order valence-corrected chi connectivity index (χ4v) is 5.05. The average Bonchev–Trinajstić information content (AvgIpc) is 3.47. The maximum absolute atomic E-state index is 13.1. The maximum Gasteiger partial charge on any atom is 0.262 e. The Balaban J connectivity index is 1.54. The third kappa shape index (κ3) is 5.53. The van der Waals surface area contributed by atoms with E-state index in [9.17, 15) is 15.2 Å². The van der Waals surface area contributed by atoms with Gasteiger partial charge in [0.15, 0.2) is 0 Å². The summed E-state index contributed by atoms with van der Waals surface area (Å²) in [5, 5.41) is 23.2. The van der Waals surface area contributed by atoms with Crippen LogP contribution < -0.4 is 5.32 Å². The lowest BCUT2D eigenvalue weighted by atomic mass is 9.87. The number of aromatic nitrogens is 1. The summed E-state index contributed by atoms with van der Waals surface area (Å²) in [5.41, 5.74) is 1.06. The molecular weight excluding hydrogens is 478 g/mol. The van der Waals surface area contributed by atoms with Crippen LogP contribution in [-0.2, 0) is 10.3 Å². The highest BCUT2D eigenvalue weighted by atomic mass is 79.9. The molecule has 6 heteroatoms. The number of carbonyl (C=O) groups is 1. The van der Waals surface area contributed by atoms with E-state index in [1.54, 1.807) is 12.1 Å². The topological polar surface area (TPSA) is 86.0 Å². The number of hydrogen-bond acceptors (Lipinski definition) is 4. The molecule has 0 radical (unpaired) electrons. The molecule has 0 saturated heterocycles. The molecule has 4 rings (SSSR count). The summed E-state index contributed by atoms with van der Waals surface area (Å²) in [6.45, 7) is 0. The number of amides is 1. The van der Waals surface area contributed by atoms with Crippen molar-refractivity contribution in [3.8, 4) is 17.9 Å². The minimum absolute atomic E-state index is 0.0270. The van der Waals surface area contributed by atoms with Crippen LogP contribution in [0.1, 0.15) is 68.2 Å². The number of hydrogen-bond donors (Lipinski definition) is 2. The number of benzene rings is 1. The Morgan fingerprint density at radius 1 is 1.06 bits per heavy atom. The predicted octanol–water partition coefficient (Wildman–Crippen LogP) is 4.99. The van der Waals surface area contributed by atoms with E-state index >= 15 is 0 Å². The lowest BCUT2D eigenvalue weighted by molar-refractivity contribution is -0.119. The molecule has 1 heterocycles. The van der Waals surface area contributed by atoms with Gasteiger partial charge in [0.2, 0.25) is 0 Å². The Kier molecular flexibility index (Phi) is 6.98. The van der Waals surface area contributed by atoms with Gasteiger partial charge < -0.3 is 10.4 Å². The maximum atomic E-state index is 13.1. The first-order valence-electron chi connectivity index (χ1n) is 11.3. The molecule has 168 valence electrons. The summed E-state index contributed by atoms with van der Waals surface area (Å²) in [4.78, 5) is 17.3. The van der Waals surface area contributed by atoms with E-state index in [0.717, 1.165) is 62.5 Å². The lowest BCUT2D eigenvalue weighted by Gasteiger charge is -2.31. The van der Waals surface area contributed by atoms with Gasteiger partial charge in [-0.15, -0.1) is 0 Å². The van der Waals surface area contributed by atoms with Crippen molar-refractivity contribution in [3.05, 3.63) is 69.5 Å². The van der Waals surface area contributed by atoms with E-state index in [1.807, 2.05) is 36.4 Å². The molecule has 0 unspecified atom stereocenters. The fourth-order valence-electron chi connectivity index (χ4n) is 4.70. The Labute approximate surface area is 203 Å². The zero-order chi connectivity index (χ0) is 23.3. The molecule has 2 aliphatic carbocycles. The van der Waals surface area contributed by atoms with Crippen LogP contribution in [-0.4, -0.2) is 21.6 Å². The van der Waals surface area contributed by atoms with Crippen molar-refractivity contribution in [1.29, 1.82) is 5.26 Å². The summed E-state index contributed by atoms with van der Waals surface area (Å²) in [5.74, 6) is 5.75. The SMILES string of the molecule is N#CC(=Cc1cccc(Br)n1)C(=O)NC1(c2ccc(C#CC3(O)CCCC3)cc2)CCCC1. The van der Waals surface area contributed by atoms with Gasteiger partial charge in [0.05, 0.1) is 11.2 Å². The van der Waals surface area contributed by atoms with Gasteiger partial charge in [-0.2, -0.15) is 5.26 Å². The zero-order valence-electron chi connectivity index (χ0n) is 18.4. The van der Waals surface area contributed by atoms with E-state index in [4.69, 9.17) is 0 Å². The zero-order valence-corrected chi connectivity index (χ0v) is 20.0. The van der Waals surface area contributed by atoms with Gasteiger partial charge in [-0.25, -0.2) is 4.98 Å². The van der Waals surface area contributed by atoms with Crippen LogP contribution in [0.15, 0.2) is 52.6 Å². The van der Waals surface area contributed by atoms with Gasteiger partial charge in [-0.05, 0) is 90.4 Å². The summed E-state index contributed by atoms with van der Waals surface area (Å²) in [7, 11) is 0. The number of rotatable bonds is 4. The number of halogens is 1. The normalized spacial score (nSPS) is 18.8. The fraction of sp³-hybridized carbons (Fsp3) is 0.370. The van der Waals surface area contributed by atoms with E-state index in [0.29, 0.717) is 10.3 Å². The summed E-state index contributed by atoms with van der Waals surface area (Å²) >= 11 is 3.31. The van der Waals surface area contributed by atoms with Gasteiger partial charge in [-0.1, -0.05) is 42.9 Å². The third-order valence-corrected chi connectivity index (χ3v) is 6.95. The number of carbonyl (C=O) groups excluding carboxylic acids is 1. The smallest absolute Gasteiger partial charge is 0.262 e. The molecule has 0 aliphatic heterocycles. The highest BCUT2D eigenvalue weighted by Crippen LogP contribution is 2.39. The summed E-state index contributed by atoms with van der Waals surface area (Å²) in [6, 6.07) is 15.3. The molecule has 2 saturated carbocycles. The molecule has 2 N–H and O–H groups in total. The molecule has 2 aliphatic rings. The molecule has 1 aromatic heterocycles. The van der Waals surface area contributed by atoms with E-state index in [-0.39, 0.29) is 5.57 Å². The molecule has 33 heavy (non-hydrogen) atoms. The first-order chi connectivity index (χ1) is 15.9. The van der Waals surface area contributed by atoms with E-state index < -0.39 is 17.0 Å². The Hall–Kier alpha value is -2.93. The number of nitriles is 1. The van der Waals surface area contributed by atoms with Gasteiger partial charge >= 0.3 is 0 Å². The monoisotopic (exact) mass is 503 g/mol. The number of nitrogens with one attached hydrogen (secondary N) is 1. The molecule has 1 aromatic carbocycles. The first kappa shape index (κ1) is 23.2. The van der Waals surface area contributed by atoms with Crippen molar-refractivity contribution < 1.29 is 9.90 Å². The number of nitrogens with zero attached hydrogens (tertiary/aromatic N) is 2. The first-order valence-corrected chi connectivity index (χ1v) is 12.1. The molecule has 1 amide bonds. The van der Waals surface area contributed by atoms with Crippen LogP contribution in [0.2, 0.25) is 0 Å². The van der Waals surface area contributed by atoms with Crippen molar-refractivity contribution >= 4 is 27.9 Å². The van der Waals surface area contributed by atoms with Crippen LogP contribution in [0.25, 0.3) is 6.08 Å². The second-order valence-corrected chi connectivity index (χ2v) is 9.68. The molecule has 2 aromatic rings. The average molecular weight is 504 g/mol. The number of pyridine rings is 1. The van der Waals surface area contributed by atoms with Crippen LogP contribution in [0.3, 0.4) is 0 Å². The molecule has 5 nitrogen and oxygen atoms in total. The molecule has 0 spiro atoms. The predicted molar refractivity (Wildman–Crippen MR) is 131 cm³/mol. The minimum Gasteiger partial charge on any atom is -0.378 e. The highest BCUT2D eigenvalue weighted by molar-refractivity contribution is 9.10. The van der Waals surface area contributed by atoms with Gasteiger partial charge in [0.1, 0.15) is 21.8 Å². The van der Waals surface area contributed by atoms with Crippen LogP contribution in [0.4, 0.5) is 0 Å². The van der Waals surface area contributed by atoms with Crippen molar-refractivity contribution in [2.75, 3.05) is 0 Å².